The fourth-order valence-electron chi connectivity index (χ4n) is 2.98. The van der Waals surface area contributed by atoms with Crippen molar-refractivity contribution in [2.75, 3.05) is 13.6 Å². The molecule has 1 aliphatic rings. The van der Waals surface area contributed by atoms with E-state index < -0.39 is 0 Å². The van der Waals surface area contributed by atoms with Gasteiger partial charge in [0.15, 0.2) is 0 Å². The molecule has 0 N–H and O–H groups in total. The molecule has 1 saturated carbocycles. The van der Waals surface area contributed by atoms with Crippen LogP contribution in [-0.4, -0.2) is 18.5 Å². The second kappa shape index (κ2) is 11.9. The number of hydrogen-bond donors (Lipinski definition) is 0. The predicted molar refractivity (Wildman–Crippen MR) is 95.4 cm³/mol. The first-order valence-electron chi connectivity index (χ1n) is 9.22. The molecule has 1 fully saturated rings. The van der Waals surface area contributed by atoms with E-state index in [1.54, 1.807) is 0 Å². The summed E-state index contributed by atoms with van der Waals surface area (Å²) in [5, 5.41) is 0. The van der Waals surface area contributed by atoms with Crippen LogP contribution in [0, 0.1) is 11.8 Å². The van der Waals surface area contributed by atoms with E-state index in [0.717, 1.165) is 24.8 Å². The van der Waals surface area contributed by atoms with Gasteiger partial charge in [-0.3, -0.25) is 0 Å². The van der Waals surface area contributed by atoms with Crippen molar-refractivity contribution in [1.29, 1.82) is 0 Å². The van der Waals surface area contributed by atoms with Crippen molar-refractivity contribution >= 4 is 0 Å². The molecule has 21 heavy (non-hydrogen) atoms. The van der Waals surface area contributed by atoms with Crippen LogP contribution in [0.4, 0.5) is 0 Å². The third kappa shape index (κ3) is 10.6. The summed E-state index contributed by atoms with van der Waals surface area (Å²) in [4.78, 5) is 2.25. The number of unbranched alkanes of at least 4 members (excludes halogenated alkanes) is 7. The Labute approximate surface area is 133 Å². The molecule has 0 aliphatic heterocycles. The maximum atomic E-state index is 3.75. The fourth-order valence-corrected chi connectivity index (χ4v) is 2.98. The fraction of sp³-hybridized carbons (Fsp3) is 0.800. The average molecular weight is 292 g/mol. The summed E-state index contributed by atoms with van der Waals surface area (Å²) < 4.78 is 0. The molecule has 1 aliphatic carbocycles. The summed E-state index contributed by atoms with van der Waals surface area (Å²) in [5.74, 6) is 2.15. The van der Waals surface area contributed by atoms with Crippen LogP contribution < -0.4 is 0 Å². The molecule has 0 amide bonds. The van der Waals surface area contributed by atoms with Crippen molar-refractivity contribution in [3.8, 4) is 0 Å². The molecule has 122 valence electrons. The van der Waals surface area contributed by atoms with E-state index in [4.69, 9.17) is 0 Å². The lowest BCUT2D eigenvalue weighted by atomic mass is 10.1. The van der Waals surface area contributed by atoms with Gasteiger partial charge < -0.3 is 4.90 Å². The van der Waals surface area contributed by atoms with Crippen molar-refractivity contribution in [3.63, 3.8) is 0 Å². The topological polar surface area (TPSA) is 3.24 Å². The molecule has 0 aromatic rings. The first-order chi connectivity index (χ1) is 10.2. The monoisotopic (exact) mass is 291 g/mol. The predicted octanol–water partition coefficient (Wildman–Crippen LogP) is 6.17. The van der Waals surface area contributed by atoms with E-state index in [1.807, 2.05) is 6.08 Å². The molecule has 1 rings (SSSR count). The van der Waals surface area contributed by atoms with Crippen LogP contribution in [0.25, 0.3) is 0 Å². The summed E-state index contributed by atoms with van der Waals surface area (Å²) in [7, 11) is 2.14. The minimum atomic E-state index is 1.05. The highest BCUT2D eigenvalue weighted by Gasteiger charge is 2.31. The van der Waals surface area contributed by atoms with Crippen molar-refractivity contribution < 1.29 is 0 Å². The molecule has 0 bridgehead atoms. The molecule has 0 aromatic heterocycles. The van der Waals surface area contributed by atoms with Crippen molar-refractivity contribution in [1.82, 2.24) is 4.90 Å². The molecule has 1 heteroatoms. The van der Waals surface area contributed by atoms with Crippen LogP contribution in [0.15, 0.2) is 24.9 Å². The lowest BCUT2D eigenvalue weighted by molar-refractivity contribution is 0.462. The maximum Gasteiger partial charge on any atom is 0.0203 e. The molecule has 1 nitrogen and oxygen atoms in total. The van der Waals surface area contributed by atoms with Gasteiger partial charge in [-0.25, -0.2) is 0 Å². The summed E-state index contributed by atoms with van der Waals surface area (Å²) in [5.41, 5.74) is 0. The Bertz CT molecular complexity index is 282. The van der Waals surface area contributed by atoms with Gasteiger partial charge in [0.25, 0.3) is 0 Å². The smallest absolute Gasteiger partial charge is 0.0203 e. The molecule has 0 radical (unpaired) electrons. The number of nitrogens with zero attached hydrogens (tertiary/aromatic N) is 1. The average Bonchev–Trinajstić information content (AvgIpc) is 3.18. The van der Waals surface area contributed by atoms with Crippen molar-refractivity contribution in [2.24, 2.45) is 11.8 Å². The lowest BCUT2D eigenvalue weighted by Crippen LogP contribution is -2.10. The van der Waals surface area contributed by atoms with Gasteiger partial charge in [-0.1, -0.05) is 64.0 Å². The SMILES string of the molecule is C=CCCN(C)/C=C/CCCCCCCCCC1CC1C. The molecular weight excluding hydrogens is 254 g/mol. The highest BCUT2D eigenvalue weighted by molar-refractivity contribution is 4.82. The molecule has 0 spiro atoms. The Balaban J connectivity index is 1.75. The van der Waals surface area contributed by atoms with Gasteiger partial charge in [-0.15, -0.1) is 6.58 Å². The van der Waals surface area contributed by atoms with E-state index in [9.17, 15) is 0 Å². The van der Waals surface area contributed by atoms with Gasteiger partial charge in [-0.2, -0.15) is 0 Å². The zero-order valence-corrected chi connectivity index (χ0v) is 14.5. The van der Waals surface area contributed by atoms with Crippen molar-refractivity contribution in [2.45, 2.75) is 77.6 Å². The van der Waals surface area contributed by atoms with E-state index in [1.165, 1.54) is 64.2 Å². The van der Waals surface area contributed by atoms with Gasteiger partial charge in [0.1, 0.15) is 0 Å². The van der Waals surface area contributed by atoms with Gasteiger partial charge in [0.2, 0.25) is 0 Å². The third-order valence-corrected chi connectivity index (χ3v) is 4.77. The summed E-state index contributed by atoms with van der Waals surface area (Å²) >= 11 is 0. The molecule has 2 atom stereocenters. The second-order valence-corrected chi connectivity index (χ2v) is 6.97. The van der Waals surface area contributed by atoms with Gasteiger partial charge in [0, 0.05) is 13.6 Å². The second-order valence-electron chi connectivity index (χ2n) is 6.97. The quantitative estimate of drug-likeness (QED) is 0.273. The molecule has 0 heterocycles. The Hall–Kier alpha value is -0.720. The molecule has 0 saturated heterocycles. The van der Waals surface area contributed by atoms with E-state index in [-0.39, 0.29) is 0 Å². The van der Waals surface area contributed by atoms with Crippen LogP contribution >= 0.6 is 0 Å². The van der Waals surface area contributed by atoms with Crippen LogP contribution in [0.2, 0.25) is 0 Å². The van der Waals surface area contributed by atoms with E-state index in [2.05, 4.69) is 37.7 Å². The highest BCUT2D eigenvalue weighted by atomic mass is 15.1. The Kier molecular flexibility index (Phi) is 10.4. The zero-order chi connectivity index (χ0) is 15.3. The normalized spacial score (nSPS) is 20.9. The Morgan fingerprint density at radius 2 is 1.62 bits per heavy atom. The van der Waals surface area contributed by atoms with Gasteiger partial charge in [-0.05, 0) is 43.7 Å². The van der Waals surface area contributed by atoms with Crippen LogP contribution in [-0.2, 0) is 0 Å². The standard InChI is InChI=1S/C20H37N/c1-4-5-16-21(3)17-14-12-10-8-6-7-9-11-13-15-20-18-19(20)2/h4,14,17,19-20H,1,5-13,15-16,18H2,2-3H3/b17-14+. The zero-order valence-electron chi connectivity index (χ0n) is 14.5. The molecular formula is C20H37N. The minimum absolute atomic E-state index is 1.05. The first kappa shape index (κ1) is 18.3. The summed E-state index contributed by atoms with van der Waals surface area (Å²) in [6.45, 7) is 7.24. The van der Waals surface area contributed by atoms with Gasteiger partial charge >= 0.3 is 0 Å². The van der Waals surface area contributed by atoms with Crippen molar-refractivity contribution in [3.05, 3.63) is 24.9 Å². The maximum absolute atomic E-state index is 3.75. The number of allylic oxidation sites excluding steroid dienone is 1. The largest absolute Gasteiger partial charge is 0.380 e. The third-order valence-electron chi connectivity index (χ3n) is 4.77. The van der Waals surface area contributed by atoms with Crippen LogP contribution in [0.3, 0.4) is 0 Å². The number of rotatable bonds is 14. The minimum Gasteiger partial charge on any atom is -0.380 e. The first-order valence-corrected chi connectivity index (χ1v) is 9.22. The van der Waals surface area contributed by atoms with E-state index in [0.29, 0.717) is 0 Å². The highest BCUT2D eigenvalue weighted by Crippen LogP contribution is 2.41. The summed E-state index contributed by atoms with van der Waals surface area (Å²) in [6.07, 6.45) is 21.9. The molecule has 0 aromatic carbocycles. The lowest BCUT2D eigenvalue weighted by Gasteiger charge is -2.11. The van der Waals surface area contributed by atoms with Crippen LogP contribution in [0.5, 0.6) is 0 Å². The molecule has 2 unspecified atom stereocenters. The van der Waals surface area contributed by atoms with Gasteiger partial charge in [0.05, 0.1) is 0 Å². The van der Waals surface area contributed by atoms with E-state index >= 15 is 0 Å². The van der Waals surface area contributed by atoms with Crippen LogP contribution in [0.1, 0.15) is 77.6 Å². The number of hydrogen-bond acceptors (Lipinski definition) is 1. The summed E-state index contributed by atoms with van der Waals surface area (Å²) in [6, 6.07) is 0. The Morgan fingerprint density at radius 1 is 1.00 bits per heavy atom. The Morgan fingerprint density at radius 3 is 2.24 bits per heavy atom.